The van der Waals surface area contributed by atoms with E-state index in [1.807, 2.05) is 0 Å². The first-order valence-corrected chi connectivity index (χ1v) is 12.3. The van der Waals surface area contributed by atoms with Gasteiger partial charge in [0.05, 0.1) is 12.0 Å². The lowest BCUT2D eigenvalue weighted by Gasteiger charge is -2.56. The second-order valence-electron chi connectivity index (χ2n) is 10.5. The molecule has 7 heteroatoms. The van der Waals surface area contributed by atoms with Crippen molar-refractivity contribution in [3.05, 3.63) is 11.3 Å². The van der Waals surface area contributed by atoms with Crippen LogP contribution in [0.1, 0.15) is 71.6 Å². The van der Waals surface area contributed by atoms with E-state index in [0.717, 1.165) is 25.7 Å². The fourth-order valence-electron chi connectivity index (χ4n) is 7.28. The third-order valence-electron chi connectivity index (χ3n) is 8.91. The Morgan fingerprint density at radius 1 is 1.09 bits per heavy atom. The summed E-state index contributed by atoms with van der Waals surface area (Å²) in [5.41, 5.74) is -2.64. The van der Waals surface area contributed by atoms with Crippen molar-refractivity contribution in [1.29, 1.82) is 0 Å². The number of fused-ring (bicyclic) bond motifs is 3. The summed E-state index contributed by atoms with van der Waals surface area (Å²) in [6, 6.07) is 0. The molecule has 7 nitrogen and oxygen atoms in total. The molecule has 0 aliphatic heterocycles. The van der Waals surface area contributed by atoms with Gasteiger partial charge in [-0.3, -0.25) is 14.4 Å². The smallest absolute Gasteiger partial charge is 0.170 e. The summed E-state index contributed by atoms with van der Waals surface area (Å²) in [6.07, 6.45) is 3.04. The molecule has 3 saturated carbocycles. The maximum atomic E-state index is 13.6. The zero-order chi connectivity index (χ0) is 23.4. The molecule has 4 N–H and O–H groups in total. The van der Waals surface area contributed by atoms with Crippen molar-refractivity contribution < 1.29 is 34.8 Å². The number of Topliss-reactive ketones (excluding diaryl/α,β-unsaturated/α-hetero) is 3. The number of carbonyl (C=O) groups is 3. The number of hydrogen-bond donors (Lipinski definition) is 4. The van der Waals surface area contributed by atoms with Crippen LogP contribution in [-0.2, 0) is 14.4 Å². The monoisotopic (exact) mass is 448 g/mol. The van der Waals surface area contributed by atoms with Crippen LogP contribution in [0.2, 0.25) is 0 Å². The molecular formula is C25H36O7. The van der Waals surface area contributed by atoms with Gasteiger partial charge in [0.1, 0.15) is 23.2 Å². The summed E-state index contributed by atoms with van der Waals surface area (Å²) >= 11 is 0. The van der Waals surface area contributed by atoms with Crippen LogP contribution in [0.15, 0.2) is 11.3 Å². The highest BCUT2D eigenvalue weighted by Crippen LogP contribution is 2.56. The fraction of sp³-hybridized carbons (Fsp3) is 0.800. The predicted octanol–water partition coefficient (Wildman–Crippen LogP) is 2.26. The number of ketones is 3. The van der Waals surface area contributed by atoms with Gasteiger partial charge in [0, 0.05) is 24.7 Å². The van der Waals surface area contributed by atoms with Crippen LogP contribution in [0.4, 0.5) is 0 Å². The predicted molar refractivity (Wildman–Crippen MR) is 115 cm³/mol. The topological polar surface area (TPSA) is 132 Å². The molecule has 4 aliphatic rings. The molecule has 0 aromatic rings. The molecule has 0 radical (unpaired) electrons. The van der Waals surface area contributed by atoms with Crippen molar-refractivity contribution in [3.8, 4) is 0 Å². The van der Waals surface area contributed by atoms with Crippen molar-refractivity contribution in [2.75, 3.05) is 0 Å². The molecule has 178 valence electrons. The molecular weight excluding hydrogens is 412 g/mol. The van der Waals surface area contributed by atoms with Gasteiger partial charge < -0.3 is 20.4 Å². The van der Waals surface area contributed by atoms with Crippen molar-refractivity contribution in [2.45, 2.75) is 89.4 Å². The Labute approximate surface area is 188 Å². The summed E-state index contributed by atoms with van der Waals surface area (Å²) in [5, 5.41) is 44.3. The summed E-state index contributed by atoms with van der Waals surface area (Å²) < 4.78 is 0. The van der Waals surface area contributed by atoms with E-state index in [4.69, 9.17) is 0 Å². The van der Waals surface area contributed by atoms with E-state index in [0.29, 0.717) is 25.2 Å². The average molecular weight is 449 g/mol. The summed E-state index contributed by atoms with van der Waals surface area (Å²) in [4.78, 5) is 38.6. The molecule has 0 aromatic carbocycles. The van der Waals surface area contributed by atoms with Gasteiger partial charge in [0.15, 0.2) is 17.2 Å². The fourth-order valence-corrected chi connectivity index (χ4v) is 7.28. The molecule has 0 saturated heterocycles. The van der Waals surface area contributed by atoms with Crippen LogP contribution in [-0.4, -0.2) is 55.6 Å². The minimum Gasteiger partial charge on any atom is -0.508 e. The molecule has 3 fully saturated rings. The largest absolute Gasteiger partial charge is 0.508 e. The molecule has 6 unspecified atom stereocenters. The Balaban J connectivity index is 1.70. The van der Waals surface area contributed by atoms with Gasteiger partial charge in [-0.15, -0.1) is 0 Å². The quantitative estimate of drug-likeness (QED) is 0.474. The molecule has 4 aliphatic carbocycles. The van der Waals surface area contributed by atoms with Gasteiger partial charge >= 0.3 is 0 Å². The maximum absolute atomic E-state index is 13.6. The van der Waals surface area contributed by atoms with Gasteiger partial charge in [0.25, 0.3) is 0 Å². The highest BCUT2D eigenvalue weighted by molar-refractivity contribution is 6.21. The second kappa shape index (κ2) is 8.65. The zero-order valence-electron chi connectivity index (χ0n) is 19.0. The molecule has 32 heavy (non-hydrogen) atoms. The van der Waals surface area contributed by atoms with Crippen LogP contribution in [0, 0.1) is 35.5 Å². The average Bonchev–Trinajstić information content (AvgIpc) is 2.75. The molecule has 0 spiro atoms. The van der Waals surface area contributed by atoms with Crippen LogP contribution in [0.25, 0.3) is 0 Å². The number of hydrogen-bond acceptors (Lipinski definition) is 7. The van der Waals surface area contributed by atoms with Crippen molar-refractivity contribution >= 4 is 17.3 Å². The lowest BCUT2D eigenvalue weighted by atomic mass is 9.49. The minimum atomic E-state index is -2.20. The molecule has 0 bridgehead atoms. The summed E-state index contributed by atoms with van der Waals surface area (Å²) in [7, 11) is 0. The van der Waals surface area contributed by atoms with Crippen LogP contribution >= 0.6 is 0 Å². The van der Waals surface area contributed by atoms with E-state index in [-0.39, 0.29) is 30.5 Å². The highest BCUT2D eigenvalue weighted by Gasteiger charge is 2.64. The van der Waals surface area contributed by atoms with Gasteiger partial charge in [0.2, 0.25) is 0 Å². The van der Waals surface area contributed by atoms with E-state index in [2.05, 4.69) is 6.92 Å². The Morgan fingerprint density at radius 2 is 1.81 bits per heavy atom. The lowest BCUT2D eigenvalue weighted by molar-refractivity contribution is -0.199. The van der Waals surface area contributed by atoms with Gasteiger partial charge in [-0.05, 0) is 43.4 Å². The minimum absolute atomic E-state index is 0.0119. The Bertz CT molecular complexity index is 830. The summed E-state index contributed by atoms with van der Waals surface area (Å²) in [6.45, 7) is 3.69. The summed E-state index contributed by atoms with van der Waals surface area (Å²) in [5.74, 6) is -4.19. The maximum Gasteiger partial charge on any atom is 0.170 e. The number of allylic oxidation sites excluding steroid dienone is 1. The highest BCUT2D eigenvalue weighted by atomic mass is 16.4. The third-order valence-corrected chi connectivity index (χ3v) is 8.91. The first kappa shape index (κ1) is 23.6. The second-order valence-corrected chi connectivity index (χ2v) is 10.5. The molecule has 4 rings (SSSR count). The Kier molecular flexibility index (Phi) is 6.38. The van der Waals surface area contributed by atoms with Crippen molar-refractivity contribution in [1.82, 2.24) is 0 Å². The van der Waals surface area contributed by atoms with E-state index >= 15 is 0 Å². The number of aliphatic hydroxyl groups is 4. The number of aliphatic hydroxyl groups excluding tert-OH is 3. The standard InChI is InChI=1S/C25H36O7/c1-3-5-6-12-7-8-17(27)20-15(12)10-13-9-14-11-18(28)21(16(26)4-2)24(31)25(14,32)23(30)19(13)22(20)29/h12-15,17,19-20,23,27,30-32H,3-11H2,1-2H3/t12?,13-,14+,15?,17?,19?,20?,23?,25+/m1/s1. The van der Waals surface area contributed by atoms with Crippen LogP contribution in [0.3, 0.4) is 0 Å². The normalized spacial score (nSPS) is 44.0. The Morgan fingerprint density at radius 3 is 2.47 bits per heavy atom. The number of carbonyl (C=O) groups excluding carboxylic acids is 3. The van der Waals surface area contributed by atoms with Crippen LogP contribution < -0.4 is 0 Å². The van der Waals surface area contributed by atoms with Gasteiger partial charge in [-0.25, -0.2) is 0 Å². The van der Waals surface area contributed by atoms with E-state index in [9.17, 15) is 34.8 Å². The molecule has 9 atom stereocenters. The van der Waals surface area contributed by atoms with Crippen molar-refractivity contribution in [2.24, 2.45) is 35.5 Å². The SMILES string of the molecule is CCCCC1CCC(O)C2C(=O)C3C(O)[C@]4(O)C(O)=C(C(=O)CC)C(=O)C[C@@H]4C[C@@H]3CC12. The van der Waals surface area contributed by atoms with Gasteiger partial charge in [-0.1, -0.05) is 33.1 Å². The van der Waals surface area contributed by atoms with E-state index in [1.54, 1.807) is 6.92 Å². The van der Waals surface area contributed by atoms with Crippen LogP contribution in [0.5, 0.6) is 0 Å². The lowest BCUT2D eigenvalue weighted by Crippen LogP contribution is -2.66. The first-order chi connectivity index (χ1) is 15.2. The first-order valence-electron chi connectivity index (χ1n) is 12.3. The van der Waals surface area contributed by atoms with Crippen molar-refractivity contribution in [3.63, 3.8) is 0 Å². The molecule has 0 heterocycles. The Hall–Kier alpha value is -1.57. The number of unbranched alkanes of at least 4 members (excludes halogenated alkanes) is 1. The van der Waals surface area contributed by atoms with E-state index in [1.165, 1.54) is 0 Å². The van der Waals surface area contributed by atoms with E-state index < -0.39 is 58.5 Å². The molecule has 0 amide bonds. The number of rotatable bonds is 5. The molecule has 0 aromatic heterocycles. The van der Waals surface area contributed by atoms with Gasteiger partial charge in [-0.2, -0.15) is 0 Å². The third kappa shape index (κ3) is 3.39. The zero-order valence-corrected chi connectivity index (χ0v) is 19.0.